The molecule has 0 amide bonds. The van der Waals surface area contributed by atoms with Gasteiger partial charge < -0.3 is 0 Å². The van der Waals surface area contributed by atoms with Gasteiger partial charge in [0.05, 0.1) is 12.4 Å². The van der Waals surface area contributed by atoms with E-state index in [1.807, 2.05) is 6.92 Å². The van der Waals surface area contributed by atoms with Crippen LogP contribution in [0.5, 0.6) is 0 Å². The molecule has 0 radical (unpaired) electrons. The van der Waals surface area contributed by atoms with Crippen LogP contribution in [0.25, 0.3) is 0 Å². The summed E-state index contributed by atoms with van der Waals surface area (Å²) in [5.74, 6) is 5.71. The highest BCUT2D eigenvalue weighted by Gasteiger charge is 2.30. The van der Waals surface area contributed by atoms with Gasteiger partial charge in [-0.15, -0.1) is 0 Å². The molecular weight excluding hydrogens is 242 g/mol. The van der Waals surface area contributed by atoms with Crippen molar-refractivity contribution >= 4 is 16.0 Å². The molecule has 1 aromatic heterocycles. The molecule has 3 N–H and O–H groups in total. The Hall–Kier alpha value is -1.25. The van der Waals surface area contributed by atoms with Gasteiger partial charge in [-0.25, -0.2) is 24.2 Å². The zero-order chi connectivity index (χ0) is 12.5. The normalized spacial score (nSPS) is 21.6. The molecule has 0 aliphatic carbocycles. The fourth-order valence-electron chi connectivity index (χ4n) is 1.79. The highest BCUT2D eigenvalue weighted by Crippen LogP contribution is 2.23. The standard InChI is InChI=1S/C9H15N5O2S/c1-7-2-3-14(6-7)17(15,16)8-4-11-9(13-10)12-5-8/h4-5,7H,2-3,6,10H2,1H3,(H,11,12,13). The van der Waals surface area contributed by atoms with E-state index in [-0.39, 0.29) is 10.8 Å². The minimum atomic E-state index is -3.46. The number of hydrogen-bond donors (Lipinski definition) is 2. The lowest BCUT2D eigenvalue weighted by molar-refractivity contribution is 0.464. The summed E-state index contributed by atoms with van der Waals surface area (Å²) in [5, 5.41) is 0. The highest BCUT2D eigenvalue weighted by molar-refractivity contribution is 7.89. The molecule has 7 nitrogen and oxygen atoms in total. The van der Waals surface area contributed by atoms with E-state index in [4.69, 9.17) is 5.84 Å². The van der Waals surface area contributed by atoms with Crippen LogP contribution in [0.3, 0.4) is 0 Å². The van der Waals surface area contributed by atoms with E-state index in [9.17, 15) is 8.42 Å². The van der Waals surface area contributed by atoms with Crippen molar-refractivity contribution < 1.29 is 8.42 Å². The Morgan fingerprint density at radius 1 is 1.47 bits per heavy atom. The van der Waals surface area contributed by atoms with E-state index in [1.165, 1.54) is 16.7 Å². The van der Waals surface area contributed by atoms with Crippen LogP contribution in [0.4, 0.5) is 5.95 Å². The molecular formula is C9H15N5O2S. The third-order valence-electron chi connectivity index (χ3n) is 2.78. The lowest BCUT2D eigenvalue weighted by atomic mass is 10.2. The number of aromatic nitrogens is 2. The third-order valence-corrected chi connectivity index (χ3v) is 4.60. The Kier molecular flexibility index (Phi) is 3.27. The van der Waals surface area contributed by atoms with Crippen LogP contribution in [0.2, 0.25) is 0 Å². The number of nitrogens with one attached hydrogen (secondary N) is 1. The van der Waals surface area contributed by atoms with E-state index >= 15 is 0 Å². The minimum absolute atomic E-state index is 0.102. The Morgan fingerprint density at radius 2 is 2.12 bits per heavy atom. The van der Waals surface area contributed by atoms with Crippen molar-refractivity contribution in [3.05, 3.63) is 12.4 Å². The molecule has 0 bridgehead atoms. The first-order valence-electron chi connectivity index (χ1n) is 5.33. The fourth-order valence-corrected chi connectivity index (χ4v) is 3.25. The van der Waals surface area contributed by atoms with Gasteiger partial charge >= 0.3 is 0 Å². The summed E-state index contributed by atoms with van der Waals surface area (Å²) < 4.78 is 25.8. The summed E-state index contributed by atoms with van der Waals surface area (Å²) in [7, 11) is -3.46. The van der Waals surface area contributed by atoms with Crippen molar-refractivity contribution in [2.75, 3.05) is 18.5 Å². The Balaban J connectivity index is 2.25. The van der Waals surface area contributed by atoms with Gasteiger partial charge in [0.2, 0.25) is 16.0 Å². The first-order valence-corrected chi connectivity index (χ1v) is 6.77. The molecule has 0 saturated carbocycles. The summed E-state index contributed by atoms with van der Waals surface area (Å²) in [4.78, 5) is 7.70. The van der Waals surface area contributed by atoms with Crippen molar-refractivity contribution in [1.29, 1.82) is 0 Å². The minimum Gasteiger partial charge on any atom is -0.292 e. The van der Waals surface area contributed by atoms with Crippen molar-refractivity contribution in [2.45, 2.75) is 18.2 Å². The largest absolute Gasteiger partial charge is 0.292 e. The second kappa shape index (κ2) is 4.55. The van der Waals surface area contributed by atoms with Gasteiger partial charge in [-0.05, 0) is 12.3 Å². The van der Waals surface area contributed by atoms with E-state index in [2.05, 4.69) is 15.4 Å². The Labute approximate surface area is 100 Å². The van der Waals surface area contributed by atoms with Crippen LogP contribution in [0.1, 0.15) is 13.3 Å². The van der Waals surface area contributed by atoms with E-state index in [0.29, 0.717) is 19.0 Å². The summed E-state index contributed by atoms with van der Waals surface area (Å²) in [6, 6.07) is 0. The Bertz CT molecular complexity index is 487. The quantitative estimate of drug-likeness (QED) is 0.574. The smallest absolute Gasteiger partial charge is 0.246 e. The maximum Gasteiger partial charge on any atom is 0.246 e. The number of rotatable bonds is 3. The lowest BCUT2D eigenvalue weighted by Crippen LogP contribution is -2.29. The number of nitrogens with two attached hydrogens (primary N) is 1. The molecule has 0 spiro atoms. The van der Waals surface area contributed by atoms with Crippen LogP contribution < -0.4 is 11.3 Å². The zero-order valence-electron chi connectivity index (χ0n) is 9.50. The van der Waals surface area contributed by atoms with Gasteiger partial charge in [0, 0.05) is 13.1 Å². The van der Waals surface area contributed by atoms with Gasteiger partial charge in [-0.3, -0.25) is 5.43 Å². The van der Waals surface area contributed by atoms with Gasteiger partial charge in [0.1, 0.15) is 4.90 Å². The summed E-state index contributed by atoms with van der Waals surface area (Å²) in [6.07, 6.45) is 3.42. The van der Waals surface area contributed by atoms with Crippen LogP contribution in [-0.4, -0.2) is 35.8 Å². The first-order chi connectivity index (χ1) is 8.04. The molecule has 94 valence electrons. The summed E-state index contributed by atoms with van der Waals surface area (Å²) >= 11 is 0. The van der Waals surface area contributed by atoms with Crippen LogP contribution in [-0.2, 0) is 10.0 Å². The first kappa shape index (κ1) is 12.2. The van der Waals surface area contributed by atoms with Crippen molar-refractivity contribution in [3.63, 3.8) is 0 Å². The van der Waals surface area contributed by atoms with E-state index in [1.54, 1.807) is 0 Å². The maximum absolute atomic E-state index is 12.2. The van der Waals surface area contributed by atoms with Crippen LogP contribution in [0, 0.1) is 5.92 Å². The van der Waals surface area contributed by atoms with Crippen molar-refractivity contribution in [2.24, 2.45) is 11.8 Å². The predicted octanol–water partition coefficient (Wildman–Crippen LogP) is -0.207. The molecule has 1 aliphatic rings. The average Bonchev–Trinajstić information content (AvgIpc) is 2.77. The number of hydrogen-bond acceptors (Lipinski definition) is 6. The molecule has 0 aromatic carbocycles. The molecule has 1 saturated heterocycles. The molecule has 8 heteroatoms. The van der Waals surface area contributed by atoms with E-state index < -0.39 is 10.0 Å². The second-order valence-electron chi connectivity index (χ2n) is 4.14. The summed E-state index contributed by atoms with van der Waals surface area (Å²) in [6.45, 7) is 3.15. The number of hydrazine groups is 1. The average molecular weight is 257 g/mol. The molecule has 1 unspecified atom stereocenters. The second-order valence-corrected chi connectivity index (χ2v) is 6.08. The third kappa shape index (κ3) is 2.38. The van der Waals surface area contributed by atoms with E-state index in [0.717, 1.165) is 6.42 Å². The van der Waals surface area contributed by atoms with Crippen molar-refractivity contribution in [1.82, 2.24) is 14.3 Å². The summed E-state index contributed by atoms with van der Waals surface area (Å²) in [5.41, 5.74) is 2.25. The highest BCUT2D eigenvalue weighted by atomic mass is 32.2. The van der Waals surface area contributed by atoms with Crippen molar-refractivity contribution in [3.8, 4) is 0 Å². The number of nitrogens with zero attached hydrogens (tertiary/aromatic N) is 3. The maximum atomic E-state index is 12.2. The number of anilines is 1. The van der Waals surface area contributed by atoms with Gasteiger partial charge in [0.15, 0.2) is 0 Å². The molecule has 1 fully saturated rings. The monoisotopic (exact) mass is 257 g/mol. The molecule has 17 heavy (non-hydrogen) atoms. The predicted molar refractivity (Wildman–Crippen MR) is 62.4 cm³/mol. The molecule has 1 aromatic rings. The van der Waals surface area contributed by atoms with Gasteiger partial charge in [0.25, 0.3) is 0 Å². The number of sulfonamides is 1. The van der Waals surface area contributed by atoms with Crippen LogP contribution in [0.15, 0.2) is 17.3 Å². The molecule has 1 atom stereocenters. The topological polar surface area (TPSA) is 101 Å². The molecule has 2 heterocycles. The van der Waals surface area contributed by atoms with Gasteiger partial charge in [-0.1, -0.05) is 6.92 Å². The lowest BCUT2D eigenvalue weighted by Gasteiger charge is -2.15. The number of nitrogen functional groups attached to an aromatic ring is 1. The fraction of sp³-hybridized carbons (Fsp3) is 0.556. The zero-order valence-corrected chi connectivity index (χ0v) is 10.3. The SMILES string of the molecule is CC1CCN(S(=O)(=O)c2cnc(NN)nc2)C1. The molecule has 1 aliphatic heterocycles. The molecule has 2 rings (SSSR count). The van der Waals surface area contributed by atoms with Gasteiger partial charge in [-0.2, -0.15) is 4.31 Å². The van der Waals surface area contributed by atoms with Crippen LogP contribution >= 0.6 is 0 Å². The Morgan fingerprint density at radius 3 is 2.59 bits per heavy atom.